The molecule has 0 aromatic heterocycles. The van der Waals surface area contributed by atoms with E-state index >= 15 is 0 Å². The van der Waals surface area contributed by atoms with E-state index in [2.05, 4.69) is 9.62 Å². The minimum absolute atomic E-state index is 0.0599. The molecule has 2 rings (SSSR count). The van der Waals surface area contributed by atoms with Crippen LogP contribution in [0.15, 0.2) is 23.1 Å². The van der Waals surface area contributed by atoms with E-state index in [9.17, 15) is 12.8 Å². The van der Waals surface area contributed by atoms with Crippen LogP contribution in [0.4, 0.5) is 10.1 Å². The highest BCUT2D eigenvalue weighted by Crippen LogP contribution is 2.17. The second kappa shape index (κ2) is 6.72. The van der Waals surface area contributed by atoms with Crippen molar-refractivity contribution in [3.8, 4) is 0 Å². The molecule has 1 aliphatic rings. The first-order chi connectivity index (χ1) is 9.88. The van der Waals surface area contributed by atoms with Crippen LogP contribution >= 0.6 is 0 Å². The van der Waals surface area contributed by atoms with Gasteiger partial charge in [0.15, 0.2) is 0 Å². The molecule has 1 fully saturated rings. The number of nitrogens with zero attached hydrogens (tertiary/aromatic N) is 1. The molecule has 7 heteroatoms. The second-order valence-corrected chi connectivity index (χ2v) is 7.28. The Morgan fingerprint density at radius 1 is 1.33 bits per heavy atom. The number of likely N-dealkylation sites (tertiary alicyclic amines) is 1. The Balaban J connectivity index is 2.00. The molecule has 0 amide bonds. The number of rotatable bonds is 5. The zero-order valence-corrected chi connectivity index (χ0v) is 13.0. The van der Waals surface area contributed by atoms with Crippen molar-refractivity contribution < 1.29 is 12.8 Å². The van der Waals surface area contributed by atoms with Crippen molar-refractivity contribution in [1.82, 2.24) is 9.62 Å². The molecule has 118 valence electrons. The number of anilines is 1. The molecule has 0 saturated carbocycles. The van der Waals surface area contributed by atoms with Crippen LogP contribution < -0.4 is 10.5 Å². The molecule has 1 heterocycles. The average molecular weight is 315 g/mol. The molecule has 5 nitrogen and oxygen atoms in total. The van der Waals surface area contributed by atoms with Gasteiger partial charge in [0.1, 0.15) is 5.82 Å². The lowest BCUT2D eigenvalue weighted by atomic mass is 10.1. The molecule has 1 aliphatic heterocycles. The fourth-order valence-electron chi connectivity index (χ4n) is 2.57. The Labute approximate surface area is 125 Å². The van der Waals surface area contributed by atoms with E-state index < -0.39 is 15.8 Å². The molecule has 21 heavy (non-hydrogen) atoms. The van der Waals surface area contributed by atoms with Crippen LogP contribution in [-0.2, 0) is 10.0 Å². The maximum absolute atomic E-state index is 13.4. The minimum atomic E-state index is -3.72. The van der Waals surface area contributed by atoms with Gasteiger partial charge >= 0.3 is 0 Å². The molecule has 1 aromatic carbocycles. The van der Waals surface area contributed by atoms with Crippen molar-refractivity contribution in [2.75, 3.05) is 25.4 Å². The van der Waals surface area contributed by atoms with Gasteiger partial charge in [-0.1, -0.05) is 6.42 Å². The van der Waals surface area contributed by atoms with Crippen LogP contribution in [0.2, 0.25) is 0 Å². The van der Waals surface area contributed by atoms with Gasteiger partial charge in [-0.2, -0.15) is 0 Å². The normalized spacial score (nSPS) is 18.6. The van der Waals surface area contributed by atoms with E-state index in [-0.39, 0.29) is 16.6 Å². The van der Waals surface area contributed by atoms with Gasteiger partial charge < -0.3 is 10.6 Å². The lowest BCUT2D eigenvalue weighted by molar-refractivity contribution is 0.215. The van der Waals surface area contributed by atoms with Crippen molar-refractivity contribution in [3.63, 3.8) is 0 Å². The molecule has 0 bridgehead atoms. The topological polar surface area (TPSA) is 75.4 Å². The fraction of sp³-hybridized carbons (Fsp3) is 0.571. The van der Waals surface area contributed by atoms with E-state index in [4.69, 9.17) is 5.73 Å². The molecule has 3 N–H and O–H groups in total. The third-order valence-corrected chi connectivity index (χ3v) is 5.21. The summed E-state index contributed by atoms with van der Waals surface area (Å²) in [5.41, 5.74) is 5.30. The highest BCUT2D eigenvalue weighted by Gasteiger charge is 2.21. The van der Waals surface area contributed by atoms with Gasteiger partial charge in [-0.15, -0.1) is 0 Å². The van der Waals surface area contributed by atoms with Gasteiger partial charge in [-0.3, -0.25) is 0 Å². The number of sulfonamides is 1. The molecule has 1 aromatic rings. The van der Waals surface area contributed by atoms with Crippen molar-refractivity contribution in [1.29, 1.82) is 0 Å². The number of hydrogen-bond donors (Lipinski definition) is 2. The summed E-state index contributed by atoms with van der Waals surface area (Å²) in [4.78, 5) is 2.15. The van der Waals surface area contributed by atoms with E-state index in [1.54, 1.807) is 0 Å². The van der Waals surface area contributed by atoms with Crippen molar-refractivity contribution in [3.05, 3.63) is 24.0 Å². The molecule has 0 radical (unpaired) electrons. The maximum Gasteiger partial charge on any atom is 0.240 e. The summed E-state index contributed by atoms with van der Waals surface area (Å²) in [5.74, 6) is -0.721. The van der Waals surface area contributed by atoms with Gasteiger partial charge in [0.05, 0.1) is 10.6 Å². The first-order valence-electron chi connectivity index (χ1n) is 7.18. The summed E-state index contributed by atoms with van der Waals surface area (Å²) in [5, 5.41) is 0. The highest BCUT2D eigenvalue weighted by atomic mass is 32.2. The summed E-state index contributed by atoms with van der Waals surface area (Å²) < 4.78 is 40.4. The summed E-state index contributed by atoms with van der Waals surface area (Å²) in [6, 6.07) is 3.30. The van der Waals surface area contributed by atoms with Crippen LogP contribution in [0.5, 0.6) is 0 Å². The molecular formula is C14H22FN3O2S. The summed E-state index contributed by atoms with van der Waals surface area (Å²) >= 11 is 0. The summed E-state index contributed by atoms with van der Waals surface area (Å²) in [7, 11) is -3.72. The standard InChI is InChI=1S/C14H22FN3O2S/c1-11(10-18-7-3-2-4-8-18)17-21(19,20)12-5-6-14(16)13(15)9-12/h5-6,9,11,17H,2-4,7-8,10,16H2,1H3. The summed E-state index contributed by atoms with van der Waals surface area (Å²) in [6.45, 7) is 4.49. The third-order valence-electron chi connectivity index (χ3n) is 3.62. The lowest BCUT2D eigenvalue weighted by Gasteiger charge is -2.29. The van der Waals surface area contributed by atoms with Gasteiger partial charge in [0.25, 0.3) is 0 Å². The average Bonchev–Trinajstić information content (AvgIpc) is 2.42. The monoisotopic (exact) mass is 315 g/mol. The van der Waals surface area contributed by atoms with Gasteiger partial charge in [0.2, 0.25) is 10.0 Å². The number of nitrogens with one attached hydrogen (secondary N) is 1. The number of benzene rings is 1. The van der Waals surface area contributed by atoms with Crippen LogP contribution in [0.25, 0.3) is 0 Å². The molecular weight excluding hydrogens is 293 g/mol. The number of hydrogen-bond acceptors (Lipinski definition) is 4. The van der Waals surface area contributed by atoms with Crippen LogP contribution in [0.1, 0.15) is 26.2 Å². The van der Waals surface area contributed by atoms with Crippen molar-refractivity contribution >= 4 is 15.7 Å². The Kier molecular flexibility index (Phi) is 5.18. The molecule has 1 atom stereocenters. The van der Waals surface area contributed by atoms with E-state index in [0.29, 0.717) is 6.54 Å². The van der Waals surface area contributed by atoms with E-state index in [1.807, 2.05) is 6.92 Å². The quantitative estimate of drug-likeness (QED) is 0.809. The van der Waals surface area contributed by atoms with Crippen LogP contribution in [0.3, 0.4) is 0 Å². The van der Waals surface area contributed by atoms with Crippen LogP contribution in [0, 0.1) is 5.82 Å². The molecule has 1 unspecified atom stereocenters. The lowest BCUT2D eigenvalue weighted by Crippen LogP contribution is -2.43. The first-order valence-corrected chi connectivity index (χ1v) is 8.66. The highest BCUT2D eigenvalue weighted by molar-refractivity contribution is 7.89. The van der Waals surface area contributed by atoms with Crippen molar-refractivity contribution in [2.45, 2.75) is 37.1 Å². The molecule has 1 saturated heterocycles. The molecule has 0 spiro atoms. The minimum Gasteiger partial charge on any atom is -0.396 e. The third kappa shape index (κ3) is 4.39. The molecule has 0 aliphatic carbocycles. The van der Waals surface area contributed by atoms with Crippen molar-refractivity contribution in [2.24, 2.45) is 0 Å². The zero-order valence-electron chi connectivity index (χ0n) is 12.2. The second-order valence-electron chi connectivity index (χ2n) is 5.57. The van der Waals surface area contributed by atoms with Gasteiger partial charge in [0, 0.05) is 12.6 Å². The maximum atomic E-state index is 13.4. The number of piperidine rings is 1. The first kappa shape index (κ1) is 16.2. The predicted molar refractivity (Wildman–Crippen MR) is 80.9 cm³/mol. The zero-order chi connectivity index (χ0) is 15.5. The number of halogens is 1. The van der Waals surface area contributed by atoms with Gasteiger partial charge in [-0.05, 0) is 51.1 Å². The van der Waals surface area contributed by atoms with Crippen LogP contribution in [-0.4, -0.2) is 39.0 Å². The Morgan fingerprint density at radius 2 is 2.00 bits per heavy atom. The largest absolute Gasteiger partial charge is 0.396 e. The van der Waals surface area contributed by atoms with E-state index in [1.165, 1.54) is 18.6 Å². The smallest absolute Gasteiger partial charge is 0.240 e. The Bertz CT molecular complexity index is 586. The summed E-state index contributed by atoms with van der Waals surface area (Å²) in [6.07, 6.45) is 3.55. The Hall–Kier alpha value is -1.18. The number of nitrogens with two attached hydrogens (primary N) is 1. The van der Waals surface area contributed by atoms with E-state index in [0.717, 1.165) is 32.0 Å². The Morgan fingerprint density at radius 3 is 2.62 bits per heavy atom. The predicted octanol–water partition coefficient (Wildman–Crippen LogP) is 1.56. The number of nitrogen functional groups attached to an aromatic ring is 1. The van der Waals surface area contributed by atoms with Gasteiger partial charge in [-0.25, -0.2) is 17.5 Å². The fourth-order valence-corrected chi connectivity index (χ4v) is 3.82. The SMILES string of the molecule is CC(CN1CCCCC1)NS(=O)(=O)c1ccc(N)c(F)c1.